The van der Waals surface area contributed by atoms with E-state index >= 15 is 0 Å². The Morgan fingerprint density at radius 3 is 2.38 bits per heavy atom. The van der Waals surface area contributed by atoms with Crippen LogP contribution in [0.2, 0.25) is 0 Å². The summed E-state index contributed by atoms with van der Waals surface area (Å²) in [5, 5.41) is 25.6. The molecule has 3 N–H and O–H groups in total. The molecule has 2 aromatic carbocycles. The third-order valence-corrected chi connectivity index (χ3v) is 7.59. The normalized spacial score (nSPS) is 18.0. The molecule has 0 aromatic heterocycles. The van der Waals surface area contributed by atoms with Gasteiger partial charge in [-0.3, -0.25) is 29.4 Å². The minimum atomic E-state index is -1.54. The smallest absolute Gasteiger partial charge is 0.407 e. The molecular weight excluding hydrogens is 560 g/mol. The molecule has 0 spiro atoms. The molecule has 1 fully saturated rings. The second kappa shape index (κ2) is 12.5. The highest BCUT2D eigenvalue weighted by Crippen LogP contribution is 2.38. The van der Waals surface area contributed by atoms with Crippen LogP contribution in [-0.2, 0) is 25.7 Å². The Morgan fingerprint density at radius 1 is 1.14 bits per heavy atom. The van der Waals surface area contributed by atoms with Crippen LogP contribution in [0.15, 0.2) is 36.4 Å². The second-order valence-corrected chi connectivity index (χ2v) is 10.1. The summed E-state index contributed by atoms with van der Waals surface area (Å²) < 4.78 is 34.2. The van der Waals surface area contributed by atoms with Gasteiger partial charge in [0.05, 0.1) is 4.92 Å². The van der Waals surface area contributed by atoms with Crippen molar-refractivity contribution in [2.45, 2.75) is 44.4 Å². The van der Waals surface area contributed by atoms with Crippen molar-refractivity contribution >= 4 is 35.2 Å². The number of rotatable bonds is 8. The second-order valence-electron chi connectivity index (χ2n) is 10.1. The van der Waals surface area contributed by atoms with Gasteiger partial charge in [0, 0.05) is 38.9 Å². The highest BCUT2D eigenvalue weighted by Gasteiger charge is 2.44. The summed E-state index contributed by atoms with van der Waals surface area (Å²) in [5.41, 5.74) is -0.645. The van der Waals surface area contributed by atoms with Crippen molar-refractivity contribution in [1.82, 2.24) is 15.1 Å². The number of non-ortho nitro benzene ring substituents is 1. The van der Waals surface area contributed by atoms with E-state index in [1.807, 2.05) is 0 Å². The summed E-state index contributed by atoms with van der Waals surface area (Å²) >= 11 is 0. The van der Waals surface area contributed by atoms with Crippen molar-refractivity contribution in [3.63, 3.8) is 0 Å². The lowest BCUT2D eigenvalue weighted by atomic mass is 9.90. The molecule has 2 aliphatic heterocycles. The van der Waals surface area contributed by atoms with Crippen LogP contribution in [0.3, 0.4) is 0 Å². The number of carboxylic acid groups (broad SMARTS) is 1. The van der Waals surface area contributed by atoms with Crippen LogP contribution in [0.25, 0.3) is 0 Å². The first-order valence-corrected chi connectivity index (χ1v) is 13.1. The Labute approximate surface area is 238 Å². The van der Waals surface area contributed by atoms with Crippen molar-refractivity contribution in [3.8, 4) is 0 Å². The number of anilines is 1. The van der Waals surface area contributed by atoms with E-state index in [0.717, 1.165) is 34.1 Å². The van der Waals surface area contributed by atoms with Gasteiger partial charge in [-0.15, -0.1) is 0 Å². The number of halogens is 2. The predicted octanol–water partition coefficient (Wildman–Crippen LogP) is 2.80. The molecule has 15 heteroatoms. The molecule has 0 saturated carbocycles. The number of benzene rings is 2. The van der Waals surface area contributed by atoms with Gasteiger partial charge in [0.2, 0.25) is 11.8 Å². The summed E-state index contributed by atoms with van der Waals surface area (Å²) in [6.07, 6.45) is -0.632. The van der Waals surface area contributed by atoms with Gasteiger partial charge in [-0.1, -0.05) is 12.1 Å². The third-order valence-electron chi connectivity index (χ3n) is 7.59. The van der Waals surface area contributed by atoms with Gasteiger partial charge in [-0.05, 0) is 48.9 Å². The Kier molecular flexibility index (Phi) is 8.99. The maximum absolute atomic E-state index is 14.4. The molecule has 224 valence electrons. The number of likely N-dealkylation sites (N-methyl/N-ethyl adjacent to an activating group) is 1. The van der Waals surface area contributed by atoms with Crippen LogP contribution in [0, 0.1) is 27.7 Å². The predicted molar refractivity (Wildman–Crippen MR) is 142 cm³/mol. The van der Waals surface area contributed by atoms with Crippen LogP contribution in [-0.4, -0.2) is 76.0 Å². The zero-order chi connectivity index (χ0) is 30.7. The van der Waals surface area contributed by atoms with Crippen molar-refractivity contribution in [2.75, 3.05) is 25.6 Å². The first-order valence-electron chi connectivity index (χ1n) is 13.1. The number of carbonyl (C=O) groups excluding carboxylic acids is 3. The molecule has 2 aliphatic rings. The number of nitrogens with one attached hydrogen (secondary N) is 2. The van der Waals surface area contributed by atoms with Crippen LogP contribution in [0.5, 0.6) is 0 Å². The molecule has 0 aliphatic carbocycles. The van der Waals surface area contributed by atoms with E-state index in [1.54, 1.807) is 0 Å². The van der Waals surface area contributed by atoms with Crippen molar-refractivity contribution in [3.05, 3.63) is 69.3 Å². The molecule has 42 heavy (non-hydrogen) atoms. The number of amides is 4. The SMILES string of the molecule is CC(C(=O)N[C@H](C(=O)N1Cc2ccc([N+](=O)[O-])cc2[C@H]1C(=O)Nc1c(F)cccc1F)C1CCOCC1)N(C)C(=O)O. The minimum Gasteiger partial charge on any atom is -0.465 e. The topological polar surface area (TPSA) is 171 Å². The molecule has 1 unspecified atom stereocenters. The van der Waals surface area contributed by atoms with Gasteiger partial charge in [0.1, 0.15) is 35.4 Å². The summed E-state index contributed by atoms with van der Waals surface area (Å²) in [4.78, 5) is 64.9. The van der Waals surface area contributed by atoms with Crippen LogP contribution >= 0.6 is 0 Å². The van der Waals surface area contributed by atoms with E-state index in [9.17, 15) is 43.2 Å². The highest BCUT2D eigenvalue weighted by atomic mass is 19.1. The summed E-state index contributed by atoms with van der Waals surface area (Å²) in [6, 6.07) is 2.75. The molecule has 0 radical (unpaired) electrons. The molecule has 2 aromatic rings. The van der Waals surface area contributed by atoms with Crippen LogP contribution < -0.4 is 10.6 Å². The molecule has 3 atom stereocenters. The lowest BCUT2D eigenvalue weighted by Gasteiger charge is -2.35. The Balaban J connectivity index is 1.72. The quantitative estimate of drug-likeness (QED) is 0.312. The fourth-order valence-electron chi connectivity index (χ4n) is 5.06. The van der Waals surface area contributed by atoms with Crippen molar-refractivity contribution in [2.24, 2.45) is 5.92 Å². The molecule has 4 amide bonds. The molecule has 1 saturated heterocycles. The Bertz CT molecular complexity index is 1400. The van der Waals surface area contributed by atoms with E-state index in [-0.39, 0.29) is 31.0 Å². The number of nitro groups is 1. The van der Waals surface area contributed by atoms with Crippen molar-refractivity contribution < 1.29 is 42.7 Å². The molecular formula is C27H29F2N5O8. The molecule has 2 heterocycles. The number of nitrogens with zero attached hydrogens (tertiary/aromatic N) is 3. The van der Waals surface area contributed by atoms with Gasteiger partial charge in [-0.25, -0.2) is 13.6 Å². The lowest BCUT2D eigenvalue weighted by Crippen LogP contribution is -2.57. The van der Waals surface area contributed by atoms with Gasteiger partial charge in [-0.2, -0.15) is 0 Å². The maximum Gasteiger partial charge on any atom is 0.407 e. The maximum atomic E-state index is 14.4. The number of hydrogen-bond donors (Lipinski definition) is 3. The largest absolute Gasteiger partial charge is 0.465 e. The Hall–Kier alpha value is -4.66. The monoisotopic (exact) mass is 589 g/mol. The molecule has 0 bridgehead atoms. The van der Waals surface area contributed by atoms with Gasteiger partial charge >= 0.3 is 6.09 Å². The van der Waals surface area contributed by atoms with Gasteiger partial charge in [0.15, 0.2) is 0 Å². The fourth-order valence-corrected chi connectivity index (χ4v) is 5.06. The van der Waals surface area contributed by atoms with E-state index in [0.29, 0.717) is 18.4 Å². The molecule has 4 rings (SSSR count). The lowest BCUT2D eigenvalue weighted by molar-refractivity contribution is -0.384. The van der Waals surface area contributed by atoms with E-state index in [2.05, 4.69) is 10.6 Å². The number of fused-ring (bicyclic) bond motifs is 1. The number of hydrogen-bond acceptors (Lipinski definition) is 7. The van der Waals surface area contributed by atoms with Gasteiger partial charge < -0.3 is 25.4 Å². The summed E-state index contributed by atoms with van der Waals surface area (Å²) in [6.45, 7) is 1.73. The van der Waals surface area contributed by atoms with Crippen molar-refractivity contribution in [1.29, 1.82) is 0 Å². The zero-order valence-electron chi connectivity index (χ0n) is 22.7. The molecule has 13 nitrogen and oxygen atoms in total. The third kappa shape index (κ3) is 6.15. The van der Waals surface area contributed by atoms with Gasteiger partial charge in [0.25, 0.3) is 11.6 Å². The zero-order valence-corrected chi connectivity index (χ0v) is 22.7. The standard InChI is InChI=1S/C27H29F2N5O8/c1-14(32(2)27(38)39)24(35)30-21(15-8-10-42-11-9-15)26(37)33-13-16-6-7-17(34(40)41)12-18(16)23(33)25(36)31-22-19(28)4-3-5-20(22)29/h3-7,12,14-15,21,23H,8-11,13H2,1-2H3,(H,30,35)(H,31,36)(H,38,39)/t14?,21-,23-/m0/s1. The summed E-state index contributed by atoms with van der Waals surface area (Å²) in [5.74, 6) is -5.10. The number of carbonyl (C=O) groups is 4. The van der Waals surface area contributed by atoms with Crippen LogP contribution in [0.1, 0.15) is 36.9 Å². The average Bonchev–Trinajstić information content (AvgIpc) is 3.36. The van der Waals surface area contributed by atoms with Crippen LogP contribution in [0.4, 0.5) is 25.0 Å². The first kappa shape index (κ1) is 30.3. The van der Waals surface area contributed by atoms with E-state index in [4.69, 9.17) is 4.74 Å². The first-order chi connectivity index (χ1) is 19.9. The average molecular weight is 590 g/mol. The number of para-hydroxylation sites is 1. The fraction of sp³-hybridized carbons (Fsp3) is 0.407. The highest BCUT2D eigenvalue weighted by molar-refractivity contribution is 6.00. The minimum absolute atomic E-state index is 0.0860. The van der Waals surface area contributed by atoms with E-state index < -0.39 is 70.1 Å². The number of nitro benzene ring substituents is 1. The summed E-state index contributed by atoms with van der Waals surface area (Å²) in [7, 11) is 1.20. The Morgan fingerprint density at radius 2 is 1.79 bits per heavy atom. The van der Waals surface area contributed by atoms with E-state index in [1.165, 1.54) is 26.1 Å². The number of ether oxygens (including phenoxy) is 1.